The normalized spacial score (nSPS) is 14.2. The molecule has 0 atom stereocenters. The zero-order valence-corrected chi connectivity index (χ0v) is 14.9. The zero-order valence-electron chi connectivity index (χ0n) is 14.9. The summed E-state index contributed by atoms with van der Waals surface area (Å²) in [6.45, 7) is 2.91. The van der Waals surface area contributed by atoms with Crippen LogP contribution in [0.15, 0.2) is 0 Å². The van der Waals surface area contributed by atoms with Crippen molar-refractivity contribution in [3.8, 4) is 0 Å². The second-order valence-electron chi connectivity index (χ2n) is 7.09. The molecule has 0 aliphatic heterocycles. The maximum absolute atomic E-state index is 11.5. The molecule has 0 heterocycles. The summed E-state index contributed by atoms with van der Waals surface area (Å²) in [5.74, 6) is 0.970. The fraction of sp³-hybridized carbons (Fsp3) is 0.950. The Balaban J connectivity index is 1.70. The molecule has 0 saturated heterocycles. The van der Waals surface area contributed by atoms with Crippen LogP contribution >= 0.6 is 0 Å². The molecule has 0 aromatic heterocycles. The predicted octanol–water partition coefficient (Wildman–Crippen LogP) is 6.42. The van der Waals surface area contributed by atoms with Crippen molar-refractivity contribution in [2.24, 2.45) is 5.92 Å². The number of esters is 1. The lowest BCUT2D eigenvalue weighted by atomic mass is 10.1. The van der Waals surface area contributed by atoms with Gasteiger partial charge < -0.3 is 4.74 Å². The summed E-state index contributed by atoms with van der Waals surface area (Å²) in [6, 6.07) is 0. The molecule has 1 saturated carbocycles. The summed E-state index contributed by atoms with van der Waals surface area (Å²) in [4.78, 5) is 11.5. The van der Waals surface area contributed by atoms with Crippen molar-refractivity contribution >= 4 is 5.97 Å². The highest BCUT2D eigenvalue weighted by Crippen LogP contribution is 2.33. The molecule has 1 rings (SSSR count). The van der Waals surface area contributed by atoms with Gasteiger partial charge in [0.1, 0.15) is 0 Å². The zero-order chi connectivity index (χ0) is 15.9. The summed E-state index contributed by atoms with van der Waals surface area (Å²) >= 11 is 0. The van der Waals surface area contributed by atoms with Gasteiger partial charge in [-0.15, -0.1) is 0 Å². The Morgan fingerprint density at radius 1 is 0.818 bits per heavy atom. The summed E-state index contributed by atoms with van der Waals surface area (Å²) in [5, 5.41) is 0. The van der Waals surface area contributed by atoms with Gasteiger partial charge in [0.25, 0.3) is 0 Å². The van der Waals surface area contributed by atoms with E-state index in [0.29, 0.717) is 13.0 Å². The average Bonchev–Trinajstić information content (AvgIpc) is 3.33. The largest absolute Gasteiger partial charge is 0.466 e. The molecule has 0 bridgehead atoms. The van der Waals surface area contributed by atoms with Crippen LogP contribution in [-0.4, -0.2) is 12.6 Å². The number of hydrogen-bond acceptors (Lipinski definition) is 2. The van der Waals surface area contributed by atoms with Crippen LogP contribution in [0.3, 0.4) is 0 Å². The first kappa shape index (κ1) is 19.5. The smallest absolute Gasteiger partial charge is 0.305 e. The van der Waals surface area contributed by atoms with Gasteiger partial charge >= 0.3 is 5.97 Å². The topological polar surface area (TPSA) is 26.3 Å². The van der Waals surface area contributed by atoms with Gasteiger partial charge in [-0.3, -0.25) is 4.79 Å². The molecule has 0 spiro atoms. The van der Waals surface area contributed by atoms with Crippen LogP contribution in [0, 0.1) is 5.92 Å². The monoisotopic (exact) mass is 310 g/mol. The molecule has 2 nitrogen and oxygen atoms in total. The Bertz CT molecular complexity index is 258. The van der Waals surface area contributed by atoms with E-state index >= 15 is 0 Å². The summed E-state index contributed by atoms with van der Waals surface area (Å²) in [7, 11) is 0. The molecule has 0 aromatic rings. The molecule has 1 aliphatic carbocycles. The van der Waals surface area contributed by atoms with Gasteiger partial charge in [0.2, 0.25) is 0 Å². The van der Waals surface area contributed by atoms with E-state index in [1.165, 1.54) is 83.5 Å². The van der Waals surface area contributed by atoms with Gasteiger partial charge in [-0.25, -0.2) is 0 Å². The summed E-state index contributed by atoms with van der Waals surface area (Å²) < 4.78 is 5.27. The number of ether oxygens (including phenoxy) is 1. The molecule has 0 unspecified atom stereocenters. The minimum atomic E-state index is 0.0201. The van der Waals surface area contributed by atoms with Crippen molar-refractivity contribution in [1.29, 1.82) is 0 Å². The van der Waals surface area contributed by atoms with Crippen LogP contribution in [0.1, 0.15) is 110 Å². The summed E-state index contributed by atoms with van der Waals surface area (Å²) in [6.07, 6.45) is 20.3. The fourth-order valence-electron chi connectivity index (χ4n) is 2.97. The van der Waals surface area contributed by atoms with Crippen LogP contribution in [0.25, 0.3) is 0 Å². The van der Waals surface area contributed by atoms with Crippen LogP contribution < -0.4 is 0 Å². The third kappa shape index (κ3) is 13.2. The van der Waals surface area contributed by atoms with Crippen molar-refractivity contribution < 1.29 is 9.53 Å². The standard InChI is InChI=1S/C20H38O2/c1-2-3-4-5-6-7-8-9-10-11-12-15-20(21)22-18-13-14-19-16-17-19/h19H,2-18H2,1H3. The minimum Gasteiger partial charge on any atom is -0.466 e. The molecule has 1 aliphatic rings. The molecule has 0 N–H and O–H groups in total. The lowest BCUT2D eigenvalue weighted by Crippen LogP contribution is -2.05. The molecular formula is C20H38O2. The second-order valence-corrected chi connectivity index (χ2v) is 7.09. The first-order chi connectivity index (χ1) is 10.8. The van der Waals surface area contributed by atoms with E-state index in [1.807, 2.05) is 0 Å². The highest BCUT2D eigenvalue weighted by atomic mass is 16.5. The van der Waals surface area contributed by atoms with Gasteiger partial charge in [0, 0.05) is 6.42 Å². The highest BCUT2D eigenvalue weighted by molar-refractivity contribution is 5.69. The minimum absolute atomic E-state index is 0.0201. The van der Waals surface area contributed by atoms with Gasteiger partial charge in [0.05, 0.1) is 6.61 Å². The third-order valence-electron chi connectivity index (χ3n) is 4.70. The van der Waals surface area contributed by atoms with E-state index in [9.17, 15) is 4.79 Å². The second kappa shape index (κ2) is 14.1. The molecule has 2 heteroatoms. The lowest BCUT2D eigenvalue weighted by Gasteiger charge is -2.05. The van der Waals surface area contributed by atoms with E-state index in [1.54, 1.807) is 0 Å². The fourth-order valence-corrected chi connectivity index (χ4v) is 2.97. The lowest BCUT2D eigenvalue weighted by molar-refractivity contribution is -0.143. The first-order valence-electron chi connectivity index (χ1n) is 9.98. The molecule has 22 heavy (non-hydrogen) atoms. The SMILES string of the molecule is CCCCCCCCCCCCCC(=O)OCCCC1CC1. The van der Waals surface area contributed by atoms with Crippen molar-refractivity contribution in [2.75, 3.05) is 6.61 Å². The molecule has 0 radical (unpaired) electrons. The number of carbonyl (C=O) groups excluding carboxylic acids is 1. The van der Waals surface area contributed by atoms with Crippen LogP contribution in [0.2, 0.25) is 0 Å². The van der Waals surface area contributed by atoms with Crippen molar-refractivity contribution in [1.82, 2.24) is 0 Å². The van der Waals surface area contributed by atoms with Crippen molar-refractivity contribution in [2.45, 2.75) is 110 Å². The Kier molecular flexibility index (Phi) is 12.5. The Morgan fingerprint density at radius 2 is 1.36 bits per heavy atom. The predicted molar refractivity (Wildman–Crippen MR) is 94.0 cm³/mol. The Hall–Kier alpha value is -0.530. The van der Waals surface area contributed by atoms with Gasteiger partial charge in [-0.05, 0) is 25.2 Å². The number of rotatable bonds is 16. The molecular weight excluding hydrogens is 272 g/mol. The quantitative estimate of drug-likeness (QED) is 0.243. The molecule has 1 fully saturated rings. The van der Waals surface area contributed by atoms with Crippen molar-refractivity contribution in [3.63, 3.8) is 0 Å². The highest BCUT2D eigenvalue weighted by Gasteiger charge is 2.20. The van der Waals surface area contributed by atoms with Gasteiger partial charge in [-0.2, -0.15) is 0 Å². The Morgan fingerprint density at radius 3 is 1.91 bits per heavy atom. The van der Waals surface area contributed by atoms with E-state index in [-0.39, 0.29) is 5.97 Å². The average molecular weight is 311 g/mol. The molecule has 0 amide bonds. The maximum atomic E-state index is 11.5. The third-order valence-corrected chi connectivity index (χ3v) is 4.70. The molecule has 130 valence electrons. The van der Waals surface area contributed by atoms with Gasteiger partial charge in [0.15, 0.2) is 0 Å². The van der Waals surface area contributed by atoms with Crippen LogP contribution in [0.5, 0.6) is 0 Å². The van der Waals surface area contributed by atoms with E-state index < -0.39 is 0 Å². The van der Waals surface area contributed by atoms with Crippen molar-refractivity contribution in [3.05, 3.63) is 0 Å². The first-order valence-corrected chi connectivity index (χ1v) is 9.98. The Labute approximate surface area is 138 Å². The summed E-state index contributed by atoms with van der Waals surface area (Å²) in [5.41, 5.74) is 0. The van der Waals surface area contributed by atoms with E-state index in [0.717, 1.165) is 18.8 Å². The van der Waals surface area contributed by atoms with E-state index in [2.05, 4.69) is 6.92 Å². The number of unbranched alkanes of at least 4 members (excludes halogenated alkanes) is 10. The van der Waals surface area contributed by atoms with Crippen LogP contribution in [-0.2, 0) is 9.53 Å². The number of hydrogen-bond donors (Lipinski definition) is 0. The van der Waals surface area contributed by atoms with Crippen LogP contribution in [0.4, 0.5) is 0 Å². The molecule has 0 aromatic carbocycles. The number of carbonyl (C=O) groups is 1. The van der Waals surface area contributed by atoms with E-state index in [4.69, 9.17) is 4.74 Å². The van der Waals surface area contributed by atoms with Gasteiger partial charge in [-0.1, -0.05) is 84.0 Å². The maximum Gasteiger partial charge on any atom is 0.305 e.